The maximum Gasteiger partial charge on any atom is 0.123 e. The van der Waals surface area contributed by atoms with E-state index in [0.717, 1.165) is 46.6 Å². The van der Waals surface area contributed by atoms with Gasteiger partial charge in [0, 0.05) is 0 Å². The summed E-state index contributed by atoms with van der Waals surface area (Å²) in [6.45, 7) is 3.86. The van der Waals surface area contributed by atoms with Crippen molar-refractivity contribution in [3.05, 3.63) is 59.2 Å². The minimum Gasteiger partial charge on any atom is -0.341 e. The van der Waals surface area contributed by atoms with Crippen molar-refractivity contribution in [1.82, 2.24) is 19.9 Å². The largest absolute Gasteiger partial charge is 0.341 e. The van der Waals surface area contributed by atoms with Gasteiger partial charge in [-0.25, -0.2) is 9.97 Å². The fourth-order valence-electron chi connectivity index (χ4n) is 3.18. The van der Waals surface area contributed by atoms with E-state index in [9.17, 15) is 0 Å². The Kier molecular flexibility index (Phi) is 4.22. The van der Waals surface area contributed by atoms with Crippen molar-refractivity contribution in [2.24, 2.45) is 11.5 Å². The molecule has 0 unspecified atom stereocenters. The van der Waals surface area contributed by atoms with Crippen LogP contribution in [0.15, 0.2) is 36.4 Å². The van der Waals surface area contributed by atoms with E-state index in [1.807, 2.05) is 13.8 Å². The summed E-state index contributed by atoms with van der Waals surface area (Å²) in [7, 11) is 0. The summed E-state index contributed by atoms with van der Waals surface area (Å²) in [5.41, 5.74) is 18.4. The molecule has 0 fully saturated rings. The van der Waals surface area contributed by atoms with Gasteiger partial charge in [0.25, 0.3) is 0 Å². The fraction of sp³-hybridized carbons (Fsp3) is 0.300. The van der Waals surface area contributed by atoms with E-state index in [1.165, 1.54) is 11.1 Å². The number of aromatic amines is 2. The van der Waals surface area contributed by atoms with Crippen LogP contribution in [0, 0.1) is 0 Å². The second kappa shape index (κ2) is 6.55. The summed E-state index contributed by atoms with van der Waals surface area (Å²) in [5, 5.41) is 0. The fourth-order valence-corrected chi connectivity index (χ4v) is 3.18. The predicted molar refractivity (Wildman–Crippen MR) is 105 cm³/mol. The van der Waals surface area contributed by atoms with Gasteiger partial charge >= 0.3 is 0 Å². The number of aryl methyl sites for hydroxylation is 2. The number of aromatic nitrogens is 4. The number of nitrogens with two attached hydrogens (primary N) is 2. The molecule has 0 saturated carbocycles. The lowest BCUT2D eigenvalue weighted by Crippen LogP contribution is -2.06. The molecule has 2 aromatic heterocycles. The first kappa shape index (κ1) is 16.8. The SMILES string of the molecule is C[C@H](N)c1nc2ccc(CCc3ccc4nc([C@H](C)N)[nH]c4c3)cc2[nH]1. The molecule has 4 rings (SSSR count). The third-order valence-electron chi connectivity index (χ3n) is 4.69. The van der Waals surface area contributed by atoms with Crippen molar-refractivity contribution in [3.8, 4) is 0 Å². The molecule has 6 nitrogen and oxygen atoms in total. The monoisotopic (exact) mass is 348 g/mol. The van der Waals surface area contributed by atoms with Gasteiger partial charge in [0.2, 0.25) is 0 Å². The molecule has 4 aromatic rings. The normalized spacial score (nSPS) is 14.2. The van der Waals surface area contributed by atoms with Gasteiger partial charge in [0.05, 0.1) is 34.2 Å². The number of nitrogens with one attached hydrogen (secondary N) is 2. The standard InChI is InChI=1S/C20H24N6/c1-11(21)19-23-15-7-5-13(9-17(15)25-19)3-4-14-6-8-16-18(10-14)26-20(24-16)12(2)22/h5-12H,3-4,21-22H2,1-2H3,(H,23,25)(H,24,26)/t11-,12-/m0/s1. The lowest BCUT2D eigenvalue weighted by atomic mass is 10.0. The highest BCUT2D eigenvalue weighted by Crippen LogP contribution is 2.20. The molecular weight excluding hydrogens is 324 g/mol. The highest BCUT2D eigenvalue weighted by Gasteiger charge is 2.09. The lowest BCUT2D eigenvalue weighted by molar-refractivity contribution is 0.760. The molecular formula is C20H24N6. The van der Waals surface area contributed by atoms with Crippen LogP contribution in [0.1, 0.15) is 48.7 Å². The smallest absolute Gasteiger partial charge is 0.123 e. The van der Waals surface area contributed by atoms with Gasteiger partial charge in [-0.15, -0.1) is 0 Å². The highest BCUT2D eigenvalue weighted by atomic mass is 15.0. The molecule has 2 aromatic carbocycles. The average molecular weight is 348 g/mol. The molecule has 0 aliphatic heterocycles. The van der Waals surface area contributed by atoms with Gasteiger partial charge in [-0.1, -0.05) is 12.1 Å². The molecule has 6 N–H and O–H groups in total. The second-order valence-corrected chi connectivity index (χ2v) is 7.02. The minimum atomic E-state index is -0.0897. The van der Waals surface area contributed by atoms with E-state index in [0.29, 0.717) is 0 Å². The van der Waals surface area contributed by atoms with Gasteiger partial charge in [-0.05, 0) is 62.1 Å². The molecule has 0 aliphatic rings. The molecule has 134 valence electrons. The molecule has 2 atom stereocenters. The van der Waals surface area contributed by atoms with E-state index in [2.05, 4.69) is 56.3 Å². The Morgan fingerprint density at radius 1 is 0.769 bits per heavy atom. The molecule has 6 heteroatoms. The van der Waals surface area contributed by atoms with E-state index >= 15 is 0 Å². The zero-order valence-corrected chi connectivity index (χ0v) is 15.1. The molecule has 0 bridgehead atoms. The molecule has 0 saturated heterocycles. The molecule has 0 radical (unpaired) electrons. The van der Waals surface area contributed by atoms with Gasteiger partial charge in [-0.2, -0.15) is 0 Å². The number of hydrogen-bond acceptors (Lipinski definition) is 4. The van der Waals surface area contributed by atoms with E-state index in [-0.39, 0.29) is 12.1 Å². The third-order valence-corrected chi connectivity index (χ3v) is 4.69. The van der Waals surface area contributed by atoms with Crippen molar-refractivity contribution in [2.45, 2.75) is 38.8 Å². The second-order valence-electron chi connectivity index (χ2n) is 7.02. The van der Waals surface area contributed by atoms with E-state index < -0.39 is 0 Å². The van der Waals surface area contributed by atoms with Crippen LogP contribution >= 0.6 is 0 Å². The van der Waals surface area contributed by atoms with Crippen LogP contribution in [-0.4, -0.2) is 19.9 Å². The van der Waals surface area contributed by atoms with Crippen molar-refractivity contribution in [2.75, 3.05) is 0 Å². The van der Waals surface area contributed by atoms with Crippen molar-refractivity contribution >= 4 is 22.1 Å². The summed E-state index contributed by atoms with van der Waals surface area (Å²) in [6, 6.07) is 12.5. The highest BCUT2D eigenvalue weighted by molar-refractivity contribution is 5.77. The Labute approximate surface area is 152 Å². The first-order valence-electron chi connectivity index (χ1n) is 8.98. The quantitative estimate of drug-likeness (QED) is 0.444. The molecule has 0 spiro atoms. The van der Waals surface area contributed by atoms with Crippen LogP contribution < -0.4 is 11.5 Å². The number of hydrogen-bond donors (Lipinski definition) is 4. The van der Waals surface area contributed by atoms with Crippen LogP contribution in [0.5, 0.6) is 0 Å². The minimum absolute atomic E-state index is 0.0897. The van der Waals surface area contributed by atoms with Crippen LogP contribution in [0.25, 0.3) is 22.1 Å². The first-order valence-corrected chi connectivity index (χ1v) is 8.98. The van der Waals surface area contributed by atoms with Crippen LogP contribution in [0.3, 0.4) is 0 Å². The number of benzene rings is 2. The summed E-state index contributed by atoms with van der Waals surface area (Å²) < 4.78 is 0. The zero-order chi connectivity index (χ0) is 18.3. The Hall–Kier alpha value is -2.70. The summed E-state index contributed by atoms with van der Waals surface area (Å²) >= 11 is 0. The molecule has 2 heterocycles. The van der Waals surface area contributed by atoms with Gasteiger partial charge in [0.15, 0.2) is 0 Å². The molecule has 0 aliphatic carbocycles. The van der Waals surface area contributed by atoms with Crippen molar-refractivity contribution < 1.29 is 0 Å². The number of nitrogens with zero attached hydrogens (tertiary/aromatic N) is 2. The predicted octanol–water partition coefficient (Wildman–Crippen LogP) is 3.26. The maximum absolute atomic E-state index is 5.91. The maximum atomic E-state index is 5.91. The lowest BCUT2D eigenvalue weighted by Gasteiger charge is -2.03. The Bertz CT molecular complexity index is 971. The number of H-pyrrole nitrogens is 2. The van der Waals surface area contributed by atoms with E-state index in [1.54, 1.807) is 0 Å². The summed E-state index contributed by atoms with van der Waals surface area (Å²) in [6.07, 6.45) is 1.92. The number of fused-ring (bicyclic) bond motifs is 2. The van der Waals surface area contributed by atoms with Crippen LogP contribution in [-0.2, 0) is 12.8 Å². The first-order chi connectivity index (χ1) is 12.5. The topological polar surface area (TPSA) is 109 Å². The Morgan fingerprint density at radius 2 is 1.19 bits per heavy atom. The van der Waals surface area contributed by atoms with Crippen LogP contribution in [0.4, 0.5) is 0 Å². The van der Waals surface area contributed by atoms with E-state index in [4.69, 9.17) is 11.5 Å². The van der Waals surface area contributed by atoms with Gasteiger partial charge in [-0.3, -0.25) is 0 Å². The Balaban J connectivity index is 1.52. The average Bonchev–Trinajstić information content (AvgIpc) is 3.23. The van der Waals surface area contributed by atoms with Crippen molar-refractivity contribution in [3.63, 3.8) is 0 Å². The van der Waals surface area contributed by atoms with Gasteiger partial charge < -0.3 is 21.4 Å². The molecule has 26 heavy (non-hydrogen) atoms. The number of imidazole rings is 2. The van der Waals surface area contributed by atoms with Crippen molar-refractivity contribution in [1.29, 1.82) is 0 Å². The number of rotatable bonds is 5. The van der Waals surface area contributed by atoms with Gasteiger partial charge in [0.1, 0.15) is 11.6 Å². The molecule has 0 amide bonds. The third kappa shape index (κ3) is 3.21. The Morgan fingerprint density at radius 3 is 1.58 bits per heavy atom. The summed E-state index contributed by atoms with van der Waals surface area (Å²) in [4.78, 5) is 15.7. The zero-order valence-electron chi connectivity index (χ0n) is 15.1. The van der Waals surface area contributed by atoms with Crippen LogP contribution in [0.2, 0.25) is 0 Å². The summed E-state index contributed by atoms with van der Waals surface area (Å²) in [5.74, 6) is 1.65.